The quantitative estimate of drug-likeness (QED) is 0.740. The summed E-state index contributed by atoms with van der Waals surface area (Å²) in [5, 5.41) is 7.08. The lowest BCUT2D eigenvalue weighted by molar-refractivity contribution is 0.0231. The molecular formula is C17H33N3O2. The first-order valence-electron chi connectivity index (χ1n) is 8.89. The van der Waals surface area contributed by atoms with Crippen molar-refractivity contribution in [3.05, 3.63) is 0 Å². The van der Waals surface area contributed by atoms with E-state index in [9.17, 15) is 4.79 Å². The van der Waals surface area contributed by atoms with Crippen LogP contribution < -0.4 is 10.6 Å². The van der Waals surface area contributed by atoms with Crippen LogP contribution in [-0.4, -0.2) is 54.9 Å². The summed E-state index contributed by atoms with van der Waals surface area (Å²) in [5.41, 5.74) is -0.407. The van der Waals surface area contributed by atoms with E-state index in [1.165, 1.54) is 19.3 Å². The van der Waals surface area contributed by atoms with E-state index in [2.05, 4.69) is 10.6 Å². The third-order valence-corrected chi connectivity index (χ3v) is 4.20. The lowest BCUT2D eigenvalue weighted by Gasteiger charge is -2.27. The molecule has 0 radical (unpaired) electrons. The fraction of sp³-hybridized carbons (Fsp3) is 0.941. The summed E-state index contributed by atoms with van der Waals surface area (Å²) in [4.78, 5) is 14.2. The van der Waals surface area contributed by atoms with Crippen molar-refractivity contribution in [2.24, 2.45) is 0 Å². The van der Waals surface area contributed by atoms with Crippen molar-refractivity contribution in [3.63, 3.8) is 0 Å². The van der Waals surface area contributed by atoms with E-state index in [1.54, 1.807) is 0 Å². The molecule has 0 aromatic heterocycles. The molecule has 1 atom stereocenters. The van der Waals surface area contributed by atoms with Gasteiger partial charge >= 0.3 is 6.09 Å². The minimum absolute atomic E-state index is 0.145. The van der Waals surface area contributed by atoms with Gasteiger partial charge in [-0.05, 0) is 78.9 Å². The summed E-state index contributed by atoms with van der Waals surface area (Å²) in [6.07, 6.45) is 6.82. The van der Waals surface area contributed by atoms with Crippen LogP contribution in [0.2, 0.25) is 0 Å². The molecule has 1 heterocycles. The number of hydrogen-bond acceptors (Lipinski definition) is 4. The minimum Gasteiger partial charge on any atom is -0.444 e. The summed E-state index contributed by atoms with van der Waals surface area (Å²) in [6, 6.07) is 1.04. The SMILES string of the molecule is CC(C)(C)OC(=O)N(CCCNC1CCCNCC1)C1CC1. The van der Waals surface area contributed by atoms with Gasteiger partial charge in [0.05, 0.1) is 0 Å². The maximum Gasteiger partial charge on any atom is 0.410 e. The van der Waals surface area contributed by atoms with Gasteiger partial charge in [-0.3, -0.25) is 0 Å². The Morgan fingerprint density at radius 2 is 2.00 bits per heavy atom. The summed E-state index contributed by atoms with van der Waals surface area (Å²) >= 11 is 0. The maximum atomic E-state index is 12.3. The van der Waals surface area contributed by atoms with Crippen LogP contribution in [0.15, 0.2) is 0 Å². The average Bonchev–Trinajstić information content (AvgIpc) is 3.23. The largest absolute Gasteiger partial charge is 0.444 e. The highest BCUT2D eigenvalue weighted by Crippen LogP contribution is 2.28. The molecule has 1 saturated heterocycles. The Hall–Kier alpha value is -0.810. The molecule has 1 amide bonds. The summed E-state index contributed by atoms with van der Waals surface area (Å²) in [6.45, 7) is 9.83. The van der Waals surface area contributed by atoms with Gasteiger partial charge in [0.2, 0.25) is 0 Å². The molecule has 0 spiro atoms. The van der Waals surface area contributed by atoms with Gasteiger partial charge < -0.3 is 20.3 Å². The van der Waals surface area contributed by atoms with Crippen LogP contribution in [-0.2, 0) is 4.74 Å². The first-order valence-corrected chi connectivity index (χ1v) is 8.89. The highest BCUT2D eigenvalue weighted by molar-refractivity contribution is 5.69. The summed E-state index contributed by atoms with van der Waals surface area (Å²) in [5.74, 6) is 0. The standard InChI is InChI=1S/C17H33N3O2/c1-17(2,3)22-16(21)20(15-7-8-15)13-5-11-19-14-6-4-10-18-12-9-14/h14-15,18-19H,4-13H2,1-3H3. The number of hydrogen-bond donors (Lipinski definition) is 2. The number of nitrogens with zero attached hydrogens (tertiary/aromatic N) is 1. The van der Waals surface area contributed by atoms with Gasteiger partial charge in [-0.1, -0.05) is 0 Å². The van der Waals surface area contributed by atoms with Gasteiger partial charge in [0.1, 0.15) is 5.60 Å². The Morgan fingerprint density at radius 3 is 2.68 bits per heavy atom. The highest BCUT2D eigenvalue weighted by Gasteiger charge is 2.34. The molecule has 0 bridgehead atoms. The topological polar surface area (TPSA) is 53.6 Å². The second kappa shape index (κ2) is 8.16. The molecule has 5 nitrogen and oxygen atoms in total. The van der Waals surface area contributed by atoms with Crippen LogP contribution in [0.4, 0.5) is 4.79 Å². The van der Waals surface area contributed by atoms with Gasteiger partial charge in [0.15, 0.2) is 0 Å². The third-order valence-electron chi connectivity index (χ3n) is 4.20. The van der Waals surface area contributed by atoms with Crippen LogP contribution >= 0.6 is 0 Å². The highest BCUT2D eigenvalue weighted by atomic mass is 16.6. The molecule has 22 heavy (non-hydrogen) atoms. The predicted octanol–water partition coefficient (Wildman–Crippen LogP) is 2.51. The number of carbonyl (C=O) groups excluding carboxylic acids is 1. The van der Waals surface area contributed by atoms with Gasteiger partial charge in [-0.2, -0.15) is 0 Å². The van der Waals surface area contributed by atoms with Crippen LogP contribution in [0.3, 0.4) is 0 Å². The lowest BCUT2D eigenvalue weighted by atomic mass is 10.1. The smallest absolute Gasteiger partial charge is 0.410 e. The van der Waals surface area contributed by atoms with E-state index in [0.29, 0.717) is 12.1 Å². The molecule has 5 heteroatoms. The molecule has 2 N–H and O–H groups in total. The maximum absolute atomic E-state index is 12.3. The Labute approximate surface area is 135 Å². The van der Waals surface area contributed by atoms with Crippen LogP contribution in [0.5, 0.6) is 0 Å². The molecule has 128 valence electrons. The molecule has 1 unspecified atom stereocenters. The molecule has 1 aliphatic heterocycles. The molecular weight excluding hydrogens is 278 g/mol. The normalized spacial score (nSPS) is 23.0. The summed E-state index contributed by atoms with van der Waals surface area (Å²) < 4.78 is 5.52. The minimum atomic E-state index is -0.407. The van der Waals surface area contributed by atoms with E-state index < -0.39 is 5.60 Å². The molecule has 0 aromatic carbocycles. The number of rotatable bonds is 6. The van der Waals surface area contributed by atoms with Crippen LogP contribution in [0.1, 0.15) is 59.3 Å². The Bertz CT molecular complexity index is 342. The molecule has 1 aliphatic carbocycles. The van der Waals surface area contributed by atoms with E-state index in [-0.39, 0.29) is 6.09 Å². The number of ether oxygens (including phenoxy) is 1. The second-order valence-corrected chi connectivity index (χ2v) is 7.59. The lowest BCUT2D eigenvalue weighted by Crippen LogP contribution is -2.40. The van der Waals surface area contributed by atoms with Crippen LogP contribution in [0, 0.1) is 0 Å². The van der Waals surface area contributed by atoms with Crippen molar-refractivity contribution in [1.29, 1.82) is 0 Å². The summed E-state index contributed by atoms with van der Waals surface area (Å²) in [7, 11) is 0. The third kappa shape index (κ3) is 6.53. The van der Waals surface area contributed by atoms with Crippen molar-refractivity contribution in [2.75, 3.05) is 26.2 Å². The van der Waals surface area contributed by atoms with Gasteiger partial charge in [0.25, 0.3) is 0 Å². The fourth-order valence-electron chi connectivity index (χ4n) is 2.91. The fourth-order valence-corrected chi connectivity index (χ4v) is 2.91. The van der Waals surface area contributed by atoms with E-state index >= 15 is 0 Å². The van der Waals surface area contributed by atoms with E-state index in [1.807, 2.05) is 25.7 Å². The number of amides is 1. The van der Waals surface area contributed by atoms with Crippen molar-refractivity contribution >= 4 is 6.09 Å². The molecule has 0 aromatic rings. The first-order chi connectivity index (χ1) is 10.5. The molecule has 2 fully saturated rings. The predicted molar refractivity (Wildman–Crippen MR) is 89.1 cm³/mol. The van der Waals surface area contributed by atoms with Gasteiger partial charge in [0, 0.05) is 18.6 Å². The van der Waals surface area contributed by atoms with Crippen molar-refractivity contribution in [2.45, 2.75) is 77.0 Å². The zero-order valence-electron chi connectivity index (χ0n) is 14.5. The molecule has 1 saturated carbocycles. The van der Waals surface area contributed by atoms with Gasteiger partial charge in [-0.25, -0.2) is 4.79 Å². The zero-order valence-corrected chi connectivity index (χ0v) is 14.5. The van der Waals surface area contributed by atoms with E-state index in [4.69, 9.17) is 4.74 Å². The van der Waals surface area contributed by atoms with E-state index in [0.717, 1.165) is 45.4 Å². The van der Waals surface area contributed by atoms with Crippen molar-refractivity contribution < 1.29 is 9.53 Å². The Morgan fingerprint density at radius 1 is 1.23 bits per heavy atom. The number of carbonyl (C=O) groups is 1. The van der Waals surface area contributed by atoms with Crippen molar-refractivity contribution in [3.8, 4) is 0 Å². The first kappa shape index (κ1) is 17.5. The van der Waals surface area contributed by atoms with Crippen LogP contribution in [0.25, 0.3) is 0 Å². The zero-order chi connectivity index (χ0) is 16.0. The monoisotopic (exact) mass is 311 g/mol. The van der Waals surface area contributed by atoms with Gasteiger partial charge in [-0.15, -0.1) is 0 Å². The second-order valence-electron chi connectivity index (χ2n) is 7.59. The Kier molecular flexibility index (Phi) is 6.50. The Balaban J connectivity index is 1.67. The average molecular weight is 311 g/mol. The number of nitrogens with one attached hydrogen (secondary N) is 2. The van der Waals surface area contributed by atoms with Crippen molar-refractivity contribution in [1.82, 2.24) is 15.5 Å². The molecule has 2 aliphatic rings. The molecule has 2 rings (SSSR count).